The molecule has 0 saturated heterocycles. The molecule has 0 radical (unpaired) electrons. The summed E-state index contributed by atoms with van der Waals surface area (Å²) in [6.07, 6.45) is 3.56. The fourth-order valence-electron chi connectivity index (χ4n) is 1.62. The van der Waals surface area contributed by atoms with Gasteiger partial charge in [0, 0.05) is 18.9 Å². The SMILES string of the molecule is NCc1nccn1Cc1ccc(C(=O)O)cc1. The van der Waals surface area contributed by atoms with Gasteiger partial charge in [-0.15, -0.1) is 0 Å². The van der Waals surface area contributed by atoms with Crippen LogP contribution in [0.1, 0.15) is 21.7 Å². The third kappa shape index (κ3) is 2.51. The molecule has 0 atom stereocenters. The average molecular weight is 231 g/mol. The first-order chi connectivity index (χ1) is 8.20. The maximum atomic E-state index is 10.7. The minimum Gasteiger partial charge on any atom is -0.478 e. The fraction of sp³-hybridized carbons (Fsp3) is 0.167. The van der Waals surface area contributed by atoms with Crippen molar-refractivity contribution in [1.29, 1.82) is 0 Å². The molecule has 0 aliphatic rings. The number of rotatable bonds is 4. The third-order valence-electron chi connectivity index (χ3n) is 2.54. The number of benzene rings is 1. The van der Waals surface area contributed by atoms with E-state index in [-0.39, 0.29) is 0 Å². The van der Waals surface area contributed by atoms with E-state index >= 15 is 0 Å². The Labute approximate surface area is 98.5 Å². The standard InChI is InChI=1S/C12H13N3O2/c13-7-11-14-5-6-15(11)8-9-1-3-10(4-2-9)12(16)17/h1-6H,7-8,13H2,(H,16,17). The van der Waals surface area contributed by atoms with Crippen LogP contribution in [0.3, 0.4) is 0 Å². The Hall–Kier alpha value is -2.14. The Morgan fingerprint density at radius 3 is 2.65 bits per heavy atom. The summed E-state index contributed by atoms with van der Waals surface area (Å²) in [4.78, 5) is 14.8. The largest absolute Gasteiger partial charge is 0.478 e. The predicted molar refractivity (Wildman–Crippen MR) is 62.6 cm³/mol. The van der Waals surface area contributed by atoms with Crippen molar-refractivity contribution in [2.45, 2.75) is 13.1 Å². The molecule has 88 valence electrons. The number of carboxylic acids is 1. The smallest absolute Gasteiger partial charge is 0.335 e. The maximum absolute atomic E-state index is 10.7. The van der Waals surface area contributed by atoms with Gasteiger partial charge >= 0.3 is 5.97 Å². The Morgan fingerprint density at radius 2 is 2.06 bits per heavy atom. The molecule has 0 bridgehead atoms. The molecular formula is C12H13N3O2. The first-order valence-electron chi connectivity index (χ1n) is 5.23. The highest BCUT2D eigenvalue weighted by atomic mass is 16.4. The molecule has 2 rings (SSSR count). The fourth-order valence-corrected chi connectivity index (χ4v) is 1.62. The highest BCUT2D eigenvalue weighted by molar-refractivity contribution is 5.87. The zero-order valence-electron chi connectivity index (χ0n) is 9.21. The van der Waals surface area contributed by atoms with E-state index < -0.39 is 5.97 Å². The molecular weight excluding hydrogens is 218 g/mol. The second-order valence-electron chi connectivity index (χ2n) is 3.68. The number of hydrogen-bond donors (Lipinski definition) is 2. The second-order valence-corrected chi connectivity index (χ2v) is 3.68. The number of aromatic carboxylic acids is 1. The van der Waals surface area contributed by atoms with Gasteiger partial charge in [0.15, 0.2) is 0 Å². The summed E-state index contributed by atoms with van der Waals surface area (Å²) in [5.74, 6) is -0.103. The summed E-state index contributed by atoms with van der Waals surface area (Å²) < 4.78 is 1.94. The molecule has 1 heterocycles. The van der Waals surface area contributed by atoms with Crippen LogP contribution in [0.2, 0.25) is 0 Å². The summed E-state index contributed by atoms with van der Waals surface area (Å²) in [5, 5.41) is 8.78. The summed E-state index contributed by atoms with van der Waals surface area (Å²) in [7, 11) is 0. The van der Waals surface area contributed by atoms with Gasteiger partial charge in [-0.05, 0) is 17.7 Å². The molecule has 3 N–H and O–H groups in total. The van der Waals surface area contributed by atoms with E-state index in [4.69, 9.17) is 10.8 Å². The van der Waals surface area contributed by atoms with Crippen molar-refractivity contribution >= 4 is 5.97 Å². The Bertz CT molecular complexity index is 517. The van der Waals surface area contributed by atoms with Crippen molar-refractivity contribution in [3.05, 3.63) is 53.6 Å². The van der Waals surface area contributed by atoms with Crippen LogP contribution in [0, 0.1) is 0 Å². The normalized spacial score (nSPS) is 10.4. The molecule has 1 aromatic carbocycles. The van der Waals surface area contributed by atoms with Gasteiger partial charge in [0.25, 0.3) is 0 Å². The zero-order valence-corrected chi connectivity index (χ0v) is 9.21. The molecule has 17 heavy (non-hydrogen) atoms. The van der Waals surface area contributed by atoms with E-state index in [2.05, 4.69) is 4.98 Å². The van der Waals surface area contributed by atoms with Crippen LogP contribution in [0.4, 0.5) is 0 Å². The van der Waals surface area contributed by atoms with Crippen LogP contribution >= 0.6 is 0 Å². The lowest BCUT2D eigenvalue weighted by atomic mass is 10.1. The Balaban J connectivity index is 2.16. The van der Waals surface area contributed by atoms with Crippen molar-refractivity contribution < 1.29 is 9.90 Å². The topological polar surface area (TPSA) is 81.1 Å². The Kier molecular flexibility index (Phi) is 3.20. The average Bonchev–Trinajstić information content (AvgIpc) is 2.77. The van der Waals surface area contributed by atoms with E-state index in [1.165, 1.54) is 0 Å². The first-order valence-corrected chi connectivity index (χ1v) is 5.23. The number of nitrogens with two attached hydrogens (primary N) is 1. The van der Waals surface area contributed by atoms with Gasteiger partial charge in [-0.25, -0.2) is 9.78 Å². The highest BCUT2D eigenvalue weighted by Gasteiger charge is 2.04. The first kappa shape index (κ1) is 11.3. The molecule has 5 heteroatoms. The van der Waals surface area contributed by atoms with Crippen molar-refractivity contribution in [3.8, 4) is 0 Å². The van der Waals surface area contributed by atoms with Crippen molar-refractivity contribution in [1.82, 2.24) is 9.55 Å². The summed E-state index contributed by atoms with van der Waals surface area (Å²) >= 11 is 0. The molecule has 5 nitrogen and oxygen atoms in total. The minimum absolute atomic E-state index is 0.290. The van der Waals surface area contributed by atoms with Gasteiger partial charge in [-0.1, -0.05) is 12.1 Å². The van der Waals surface area contributed by atoms with E-state index in [0.29, 0.717) is 18.7 Å². The van der Waals surface area contributed by atoms with Crippen LogP contribution in [0.5, 0.6) is 0 Å². The van der Waals surface area contributed by atoms with Crippen LogP contribution in [0.15, 0.2) is 36.7 Å². The quantitative estimate of drug-likeness (QED) is 0.825. The molecule has 0 amide bonds. The number of carbonyl (C=O) groups is 1. The molecule has 2 aromatic rings. The lowest BCUT2D eigenvalue weighted by molar-refractivity contribution is 0.0697. The monoisotopic (exact) mass is 231 g/mol. The number of nitrogens with zero attached hydrogens (tertiary/aromatic N) is 2. The lowest BCUT2D eigenvalue weighted by Crippen LogP contribution is -2.09. The van der Waals surface area contributed by atoms with Gasteiger partial charge in [0.2, 0.25) is 0 Å². The highest BCUT2D eigenvalue weighted by Crippen LogP contribution is 2.08. The molecule has 0 spiro atoms. The van der Waals surface area contributed by atoms with Gasteiger partial charge in [0.05, 0.1) is 12.1 Å². The second kappa shape index (κ2) is 4.80. The van der Waals surface area contributed by atoms with Gasteiger partial charge < -0.3 is 15.4 Å². The molecule has 0 aliphatic carbocycles. The minimum atomic E-state index is -0.915. The van der Waals surface area contributed by atoms with Gasteiger partial charge in [0.1, 0.15) is 5.82 Å². The molecule has 0 aliphatic heterocycles. The van der Waals surface area contributed by atoms with E-state index in [1.54, 1.807) is 30.5 Å². The van der Waals surface area contributed by atoms with E-state index in [1.807, 2.05) is 10.8 Å². The van der Waals surface area contributed by atoms with Gasteiger partial charge in [-0.2, -0.15) is 0 Å². The molecule has 0 unspecified atom stereocenters. The maximum Gasteiger partial charge on any atom is 0.335 e. The summed E-state index contributed by atoms with van der Waals surface area (Å²) in [5.41, 5.74) is 6.86. The Morgan fingerprint density at radius 1 is 1.35 bits per heavy atom. The van der Waals surface area contributed by atoms with Gasteiger partial charge in [-0.3, -0.25) is 0 Å². The molecule has 1 aromatic heterocycles. The number of aromatic nitrogens is 2. The van der Waals surface area contributed by atoms with Crippen molar-refractivity contribution in [2.75, 3.05) is 0 Å². The van der Waals surface area contributed by atoms with Crippen molar-refractivity contribution in [2.24, 2.45) is 5.73 Å². The van der Waals surface area contributed by atoms with E-state index in [9.17, 15) is 4.79 Å². The van der Waals surface area contributed by atoms with Crippen LogP contribution in [0.25, 0.3) is 0 Å². The summed E-state index contributed by atoms with van der Waals surface area (Å²) in [6.45, 7) is 1.03. The number of imidazole rings is 1. The molecule has 0 saturated carbocycles. The van der Waals surface area contributed by atoms with E-state index in [0.717, 1.165) is 11.4 Å². The summed E-state index contributed by atoms with van der Waals surface area (Å²) in [6, 6.07) is 6.78. The number of hydrogen-bond acceptors (Lipinski definition) is 3. The third-order valence-corrected chi connectivity index (χ3v) is 2.54. The van der Waals surface area contributed by atoms with Crippen LogP contribution in [-0.2, 0) is 13.1 Å². The van der Waals surface area contributed by atoms with Crippen LogP contribution < -0.4 is 5.73 Å². The predicted octanol–water partition coefficient (Wildman–Crippen LogP) is 1.09. The van der Waals surface area contributed by atoms with Crippen LogP contribution in [-0.4, -0.2) is 20.6 Å². The van der Waals surface area contributed by atoms with Crippen molar-refractivity contribution in [3.63, 3.8) is 0 Å². The molecule has 0 fully saturated rings. The number of carboxylic acid groups (broad SMARTS) is 1. The zero-order chi connectivity index (χ0) is 12.3. The lowest BCUT2D eigenvalue weighted by Gasteiger charge is -2.06.